The molecular weight excluding hydrogens is 232 g/mol. The molecule has 0 saturated carbocycles. The normalized spacial score (nSPS) is 11.9. The first-order valence-corrected chi connectivity index (χ1v) is 5.82. The molecule has 3 N–H and O–H groups in total. The molecule has 5 heteroatoms. The summed E-state index contributed by atoms with van der Waals surface area (Å²) in [7, 11) is 0. The fraction of sp³-hybridized carbons (Fsp3) is 0.385. The predicted molar refractivity (Wildman–Crippen MR) is 69.4 cm³/mol. The van der Waals surface area contributed by atoms with E-state index in [1.807, 2.05) is 31.2 Å². The van der Waals surface area contributed by atoms with Crippen LogP contribution >= 0.6 is 0 Å². The van der Waals surface area contributed by atoms with Crippen molar-refractivity contribution in [2.24, 2.45) is 0 Å². The van der Waals surface area contributed by atoms with Crippen molar-refractivity contribution in [3.8, 4) is 0 Å². The number of carbonyl (C=O) groups is 2. The zero-order valence-corrected chi connectivity index (χ0v) is 10.6. The van der Waals surface area contributed by atoms with Crippen molar-refractivity contribution in [2.75, 3.05) is 11.9 Å². The molecule has 0 radical (unpaired) electrons. The fourth-order valence-electron chi connectivity index (χ4n) is 1.60. The highest BCUT2D eigenvalue weighted by atomic mass is 16.4. The van der Waals surface area contributed by atoms with Gasteiger partial charge in [-0.15, -0.1) is 0 Å². The van der Waals surface area contributed by atoms with E-state index >= 15 is 0 Å². The summed E-state index contributed by atoms with van der Waals surface area (Å²) in [5, 5.41) is 14.4. The zero-order chi connectivity index (χ0) is 13.5. The van der Waals surface area contributed by atoms with Crippen LogP contribution in [-0.2, 0) is 9.59 Å². The number of carboxylic acid groups (broad SMARTS) is 1. The molecule has 5 nitrogen and oxygen atoms in total. The summed E-state index contributed by atoms with van der Waals surface area (Å²) in [5.41, 5.74) is 1.75. The van der Waals surface area contributed by atoms with Gasteiger partial charge in [-0.3, -0.25) is 9.59 Å². The Morgan fingerprint density at radius 2 is 2.11 bits per heavy atom. The van der Waals surface area contributed by atoms with E-state index in [1.54, 1.807) is 0 Å². The van der Waals surface area contributed by atoms with E-state index in [4.69, 9.17) is 5.11 Å². The number of carboxylic acids is 1. The third kappa shape index (κ3) is 4.97. The summed E-state index contributed by atoms with van der Waals surface area (Å²) in [6.45, 7) is 3.83. The van der Waals surface area contributed by atoms with Crippen molar-refractivity contribution in [1.29, 1.82) is 0 Å². The van der Waals surface area contributed by atoms with Gasteiger partial charge in [0.05, 0.1) is 6.42 Å². The van der Waals surface area contributed by atoms with Crippen LogP contribution in [-0.4, -0.2) is 23.5 Å². The van der Waals surface area contributed by atoms with Crippen LogP contribution in [0.5, 0.6) is 0 Å². The van der Waals surface area contributed by atoms with Crippen LogP contribution in [0.1, 0.15) is 31.9 Å². The summed E-state index contributed by atoms with van der Waals surface area (Å²) in [5.74, 6) is -0.930. The molecule has 98 valence electrons. The number of anilines is 1. The average Bonchev–Trinajstić information content (AvgIpc) is 2.27. The second kappa shape index (κ2) is 6.76. The van der Waals surface area contributed by atoms with E-state index in [-0.39, 0.29) is 18.4 Å². The van der Waals surface area contributed by atoms with Crippen molar-refractivity contribution >= 4 is 17.6 Å². The lowest BCUT2D eigenvalue weighted by Crippen LogP contribution is -2.22. The number of rotatable bonds is 6. The second-order valence-corrected chi connectivity index (χ2v) is 4.13. The van der Waals surface area contributed by atoms with E-state index < -0.39 is 5.97 Å². The standard InChI is InChI=1S/C13H18N2O3/c1-9(14-7-6-13(17)18)11-4-3-5-12(8-11)15-10(2)16/h3-5,8-9,14H,6-7H2,1-2H3,(H,15,16)(H,17,18). The number of carbonyl (C=O) groups excluding carboxylic acids is 1. The summed E-state index contributed by atoms with van der Waals surface area (Å²) in [6, 6.07) is 7.52. The minimum absolute atomic E-state index is 0.0399. The van der Waals surface area contributed by atoms with Gasteiger partial charge in [0.1, 0.15) is 0 Å². The van der Waals surface area contributed by atoms with Gasteiger partial charge in [-0.25, -0.2) is 0 Å². The molecule has 0 aromatic heterocycles. The number of benzene rings is 1. The second-order valence-electron chi connectivity index (χ2n) is 4.13. The molecule has 0 fully saturated rings. The lowest BCUT2D eigenvalue weighted by atomic mass is 10.1. The van der Waals surface area contributed by atoms with Crippen LogP contribution < -0.4 is 10.6 Å². The topological polar surface area (TPSA) is 78.4 Å². The molecule has 0 bridgehead atoms. The molecule has 0 heterocycles. The van der Waals surface area contributed by atoms with E-state index in [9.17, 15) is 9.59 Å². The van der Waals surface area contributed by atoms with E-state index in [0.717, 1.165) is 11.3 Å². The minimum atomic E-state index is -0.818. The number of aliphatic carboxylic acids is 1. The van der Waals surface area contributed by atoms with Crippen molar-refractivity contribution in [3.05, 3.63) is 29.8 Å². The van der Waals surface area contributed by atoms with Gasteiger partial charge < -0.3 is 15.7 Å². The highest BCUT2D eigenvalue weighted by Gasteiger charge is 2.06. The fourth-order valence-corrected chi connectivity index (χ4v) is 1.60. The van der Waals surface area contributed by atoms with Crippen LogP contribution in [0.2, 0.25) is 0 Å². The van der Waals surface area contributed by atoms with Crippen molar-refractivity contribution in [1.82, 2.24) is 5.32 Å². The van der Waals surface area contributed by atoms with Crippen LogP contribution in [0.25, 0.3) is 0 Å². The Hall–Kier alpha value is -1.88. The quantitative estimate of drug-likeness (QED) is 0.719. The number of amides is 1. The third-order valence-corrected chi connectivity index (χ3v) is 2.50. The smallest absolute Gasteiger partial charge is 0.304 e. The molecule has 1 amide bonds. The first-order valence-electron chi connectivity index (χ1n) is 5.82. The molecule has 1 rings (SSSR count). The Morgan fingerprint density at radius 3 is 2.72 bits per heavy atom. The molecule has 1 atom stereocenters. The molecule has 0 spiro atoms. The Labute approximate surface area is 106 Å². The zero-order valence-electron chi connectivity index (χ0n) is 10.6. The number of hydrogen-bond donors (Lipinski definition) is 3. The molecule has 0 aliphatic carbocycles. The first kappa shape index (κ1) is 14.2. The van der Waals surface area contributed by atoms with Crippen LogP contribution in [0.3, 0.4) is 0 Å². The Balaban J connectivity index is 2.59. The SMILES string of the molecule is CC(=O)Nc1cccc(C(C)NCCC(=O)O)c1. The summed E-state index contributed by atoms with van der Waals surface area (Å²) >= 11 is 0. The van der Waals surface area contributed by atoms with E-state index in [0.29, 0.717) is 6.54 Å². The predicted octanol–water partition coefficient (Wildman–Crippen LogP) is 1.77. The highest BCUT2D eigenvalue weighted by Crippen LogP contribution is 2.17. The first-order chi connectivity index (χ1) is 8.49. The van der Waals surface area contributed by atoms with E-state index in [1.165, 1.54) is 6.92 Å². The van der Waals surface area contributed by atoms with E-state index in [2.05, 4.69) is 10.6 Å². The Bertz CT molecular complexity index is 432. The number of hydrogen-bond acceptors (Lipinski definition) is 3. The van der Waals surface area contributed by atoms with Crippen LogP contribution in [0, 0.1) is 0 Å². The third-order valence-electron chi connectivity index (χ3n) is 2.50. The summed E-state index contributed by atoms with van der Waals surface area (Å²) < 4.78 is 0. The molecule has 1 unspecified atom stereocenters. The maximum atomic E-state index is 10.9. The van der Waals surface area contributed by atoms with Gasteiger partial charge in [0.15, 0.2) is 0 Å². The largest absolute Gasteiger partial charge is 0.481 e. The van der Waals surface area contributed by atoms with Gasteiger partial charge in [-0.1, -0.05) is 12.1 Å². The van der Waals surface area contributed by atoms with Crippen molar-refractivity contribution in [2.45, 2.75) is 26.3 Å². The van der Waals surface area contributed by atoms with Gasteiger partial charge >= 0.3 is 5.97 Å². The molecule has 0 saturated heterocycles. The van der Waals surface area contributed by atoms with Crippen LogP contribution in [0.15, 0.2) is 24.3 Å². The van der Waals surface area contributed by atoms with Gasteiger partial charge in [-0.2, -0.15) is 0 Å². The van der Waals surface area contributed by atoms with Crippen LogP contribution in [0.4, 0.5) is 5.69 Å². The molecule has 1 aromatic carbocycles. The highest BCUT2D eigenvalue weighted by molar-refractivity contribution is 5.88. The van der Waals surface area contributed by atoms with Gasteiger partial charge in [0.2, 0.25) is 5.91 Å². The minimum Gasteiger partial charge on any atom is -0.481 e. The Morgan fingerprint density at radius 1 is 1.39 bits per heavy atom. The summed E-state index contributed by atoms with van der Waals surface area (Å²) in [6.07, 6.45) is 0.0930. The van der Waals surface area contributed by atoms with Gasteiger partial charge in [-0.05, 0) is 24.6 Å². The maximum Gasteiger partial charge on any atom is 0.304 e. The average molecular weight is 250 g/mol. The van der Waals surface area contributed by atoms with Crippen molar-refractivity contribution in [3.63, 3.8) is 0 Å². The van der Waals surface area contributed by atoms with Crippen molar-refractivity contribution < 1.29 is 14.7 Å². The maximum absolute atomic E-state index is 10.9. The van der Waals surface area contributed by atoms with Gasteiger partial charge in [0, 0.05) is 25.2 Å². The molecule has 0 aliphatic rings. The monoisotopic (exact) mass is 250 g/mol. The van der Waals surface area contributed by atoms with Gasteiger partial charge in [0.25, 0.3) is 0 Å². The lowest BCUT2D eigenvalue weighted by molar-refractivity contribution is -0.136. The molecule has 0 aliphatic heterocycles. The molecule has 1 aromatic rings. The number of nitrogens with one attached hydrogen (secondary N) is 2. The molecule has 18 heavy (non-hydrogen) atoms. The Kier molecular flexibility index (Phi) is 5.32. The molecular formula is C13H18N2O3. The lowest BCUT2D eigenvalue weighted by Gasteiger charge is -2.14. The summed E-state index contributed by atoms with van der Waals surface area (Å²) in [4.78, 5) is 21.4.